The van der Waals surface area contributed by atoms with Crippen LogP contribution in [0.15, 0.2) is 18.2 Å². The third-order valence-corrected chi connectivity index (χ3v) is 4.30. The van der Waals surface area contributed by atoms with Crippen LogP contribution < -0.4 is 0 Å². The quantitative estimate of drug-likeness (QED) is 0.705. The largest absolute Gasteiger partial charge is 0.508 e. The van der Waals surface area contributed by atoms with E-state index >= 15 is 0 Å². The summed E-state index contributed by atoms with van der Waals surface area (Å²) >= 11 is 0. The number of benzene rings is 1. The lowest BCUT2D eigenvalue weighted by atomic mass is 9.88. The predicted molar refractivity (Wildman–Crippen MR) is 82.8 cm³/mol. The Morgan fingerprint density at radius 1 is 1.30 bits per heavy atom. The minimum Gasteiger partial charge on any atom is -0.508 e. The maximum atomic E-state index is 10.4. The first-order valence-corrected chi connectivity index (χ1v) is 7.55. The van der Waals surface area contributed by atoms with Crippen molar-refractivity contribution in [2.75, 3.05) is 13.1 Å². The molecule has 2 aliphatic heterocycles. The summed E-state index contributed by atoms with van der Waals surface area (Å²) in [6, 6.07) is 4.05. The van der Waals surface area contributed by atoms with Crippen LogP contribution in [0, 0.1) is 12.3 Å². The van der Waals surface area contributed by atoms with Crippen LogP contribution in [0.2, 0.25) is 0 Å². The van der Waals surface area contributed by atoms with E-state index in [4.69, 9.17) is 15.9 Å². The number of aliphatic hydroxyl groups excluding tert-OH is 1. The van der Waals surface area contributed by atoms with Gasteiger partial charge < -0.3 is 24.8 Å². The van der Waals surface area contributed by atoms with E-state index in [1.54, 1.807) is 19.9 Å². The number of likely N-dealkylation sites (tertiary alicyclic amines) is 1. The number of β-amino-alcohol motifs (C(OH)–C–C–N with tert-alkyl or cyclic N) is 1. The molecule has 0 aromatic heterocycles. The van der Waals surface area contributed by atoms with E-state index in [2.05, 4.69) is 5.92 Å². The zero-order chi connectivity index (χ0) is 16.8. The van der Waals surface area contributed by atoms with Crippen LogP contribution in [0.5, 0.6) is 11.5 Å². The molecule has 3 N–H and O–H groups in total. The molecule has 0 aliphatic carbocycles. The number of nitrogens with zero attached hydrogens (tertiary/aromatic N) is 1. The number of piperidine rings is 1. The highest BCUT2D eigenvalue weighted by molar-refractivity contribution is 5.42. The molecule has 2 fully saturated rings. The second-order valence-corrected chi connectivity index (χ2v) is 6.45. The van der Waals surface area contributed by atoms with Crippen LogP contribution in [-0.4, -0.2) is 57.4 Å². The third kappa shape index (κ3) is 2.89. The average molecular weight is 319 g/mol. The molecule has 0 bridgehead atoms. The van der Waals surface area contributed by atoms with Gasteiger partial charge in [-0.25, -0.2) is 0 Å². The summed E-state index contributed by atoms with van der Waals surface area (Å²) in [6.07, 6.45) is 3.74. The molecule has 2 aliphatic rings. The van der Waals surface area contributed by atoms with Crippen LogP contribution in [0.1, 0.15) is 25.5 Å². The van der Waals surface area contributed by atoms with Crippen molar-refractivity contribution in [3.8, 4) is 23.8 Å². The summed E-state index contributed by atoms with van der Waals surface area (Å²) in [5.74, 6) is 1.69. The van der Waals surface area contributed by atoms with Gasteiger partial charge in [0.1, 0.15) is 23.7 Å². The Kier molecular flexibility index (Phi) is 3.98. The Morgan fingerprint density at radius 2 is 2.00 bits per heavy atom. The smallest absolute Gasteiger partial charge is 0.163 e. The fraction of sp³-hybridized carbons (Fsp3) is 0.529. The molecule has 1 aromatic carbocycles. The van der Waals surface area contributed by atoms with E-state index in [1.807, 2.05) is 4.90 Å². The van der Waals surface area contributed by atoms with Crippen molar-refractivity contribution in [1.29, 1.82) is 0 Å². The lowest BCUT2D eigenvalue weighted by Crippen LogP contribution is -2.55. The van der Waals surface area contributed by atoms with Crippen molar-refractivity contribution in [1.82, 2.24) is 4.90 Å². The number of ether oxygens (including phenoxy) is 2. The molecule has 3 rings (SSSR count). The maximum Gasteiger partial charge on any atom is 0.163 e. The Balaban J connectivity index is 2.03. The molecule has 2 saturated heterocycles. The van der Waals surface area contributed by atoms with E-state index in [0.717, 1.165) is 0 Å². The lowest BCUT2D eigenvalue weighted by molar-refractivity contribution is -0.153. The van der Waals surface area contributed by atoms with Gasteiger partial charge in [-0.05, 0) is 26.0 Å². The first-order valence-electron chi connectivity index (χ1n) is 7.55. The summed E-state index contributed by atoms with van der Waals surface area (Å²) in [4.78, 5) is 1.88. The number of aliphatic hydroxyl groups is 1. The highest BCUT2D eigenvalue weighted by Crippen LogP contribution is 2.45. The molecule has 0 unspecified atom stereocenters. The van der Waals surface area contributed by atoms with Gasteiger partial charge in [-0.3, -0.25) is 4.90 Å². The first-order chi connectivity index (χ1) is 10.8. The van der Waals surface area contributed by atoms with E-state index in [-0.39, 0.29) is 17.5 Å². The van der Waals surface area contributed by atoms with Gasteiger partial charge in [-0.2, -0.15) is 0 Å². The highest BCUT2D eigenvalue weighted by Gasteiger charge is 2.54. The summed E-state index contributed by atoms with van der Waals surface area (Å²) in [6.45, 7) is 4.19. The third-order valence-electron chi connectivity index (χ3n) is 4.30. The number of fused-ring (bicyclic) bond motifs is 1. The number of phenols is 2. The number of terminal acetylenes is 1. The van der Waals surface area contributed by atoms with Crippen molar-refractivity contribution in [3.63, 3.8) is 0 Å². The zero-order valence-electron chi connectivity index (χ0n) is 13.1. The Morgan fingerprint density at radius 3 is 2.65 bits per heavy atom. The summed E-state index contributed by atoms with van der Waals surface area (Å²) in [5, 5.41) is 30.1. The molecule has 23 heavy (non-hydrogen) atoms. The van der Waals surface area contributed by atoms with Gasteiger partial charge in [-0.15, -0.1) is 6.42 Å². The number of phenolic OH excluding ortho intramolecular Hbond substituents is 2. The molecule has 6 nitrogen and oxygen atoms in total. The monoisotopic (exact) mass is 319 g/mol. The zero-order valence-corrected chi connectivity index (χ0v) is 13.1. The standard InChI is InChI=1S/C17H21NO5/c1-4-7-18-9-13(21)15-16(23-17(2,3)22-15)14(18)11-6-5-10(19)8-12(11)20/h1,5-6,8,13-16,19-21H,7,9H2,2-3H3/t13-,14+,15-,16+/m1/s1. The van der Waals surface area contributed by atoms with Crippen molar-refractivity contribution in [2.45, 2.75) is 44.0 Å². The van der Waals surface area contributed by atoms with Gasteiger partial charge in [-0.1, -0.05) is 5.92 Å². The minimum atomic E-state index is -0.826. The molecule has 0 amide bonds. The van der Waals surface area contributed by atoms with E-state index in [0.29, 0.717) is 18.7 Å². The number of aromatic hydroxyl groups is 2. The summed E-state index contributed by atoms with van der Waals surface area (Å²) in [7, 11) is 0. The second-order valence-electron chi connectivity index (χ2n) is 6.45. The van der Waals surface area contributed by atoms with Crippen LogP contribution >= 0.6 is 0 Å². The van der Waals surface area contributed by atoms with Crippen LogP contribution in [-0.2, 0) is 9.47 Å². The lowest BCUT2D eigenvalue weighted by Gasteiger charge is -2.43. The first kappa shape index (κ1) is 16.1. The van der Waals surface area contributed by atoms with Crippen molar-refractivity contribution in [3.05, 3.63) is 23.8 Å². The Labute approximate surface area is 135 Å². The minimum absolute atomic E-state index is 0.0222. The topological polar surface area (TPSA) is 82.4 Å². The van der Waals surface area contributed by atoms with E-state index < -0.39 is 24.1 Å². The number of hydrogen-bond acceptors (Lipinski definition) is 6. The summed E-state index contributed by atoms with van der Waals surface area (Å²) in [5.41, 5.74) is 0.584. The van der Waals surface area contributed by atoms with Crippen LogP contribution in [0.4, 0.5) is 0 Å². The SMILES string of the molecule is C#CCN1C[C@@H](O)[C@H]2OC(C)(C)O[C@H]2[C@@H]1c1ccc(O)cc1O. The number of hydrogen-bond donors (Lipinski definition) is 3. The molecule has 1 aromatic rings. The van der Waals surface area contributed by atoms with Crippen molar-refractivity contribution >= 4 is 0 Å². The number of rotatable bonds is 2. The molecule has 0 saturated carbocycles. The molecule has 2 heterocycles. The maximum absolute atomic E-state index is 10.4. The van der Waals surface area contributed by atoms with Gasteiger partial charge >= 0.3 is 0 Å². The van der Waals surface area contributed by atoms with Crippen LogP contribution in [0.3, 0.4) is 0 Å². The highest BCUT2D eigenvalue weighted by atomic mass is 16.8. The Bertz CT molecular complexity index is 638. The fourth-order valence-corrected chi connectivity index (χ4v) is 3.46. The van der Waals surface area contributed by atoms with Gasteiger partial charge in [0, 0.05) is 18.2 Å². The second kappa shape index (κ2) is 5.69. The van der Waals surface area contributed by atoms with E-state index in [1.165, 1.54) is 12.1 Å². The molecule has 0 radical (unpaired) electrons. The van der Waals surface area contributed by atoms with E-state index in [9.17, 15) is 15.3 Å². The predicted octanol–water partition coefficient (Wildman–Crippen LogP) is 0.969. The van der Waals surface area contributed by atoms with Crippen molar-refractivity contribution < 1.29 is 24.8 Å². The average Bonchev–Trinajstić information content (AvgIpc) is 2.77. The molecular weight excluding hydrogens is 298 g/mol. The van der Waals surface area contributed by atoms with Gasteiger partial charge in [0.15, 0.2) is 5.79 Å². The molecule has 124 valence electrons. The summed E-state index contributed by atoms with van der Waals surface area (Å²) < 4.78 is 11.8. The van der Waals surface area contributed by atoms with Crippen LogP contribution in [0.25, 0.3) is 0 Å². The van der Waals surface area contributed by atoms with Gasteiger partial charge in [0.05, 0.1) is 18.7 Å². The fourth-order valence-electron chi connectivity index (χ4n) is 3.46. The van der Waals surface area contributed by atoms with Crippen molar-refractivity contribution in [2.24, 2.45) is 0 Å². The molecule has 4 atom stereocenters. The Hall–Kier alpha value is -1.78. The molecule has 0 spiro atoms. The normalized spacial score (nSPS) is 33.1. The molecular formula is C17H21NO5. The van der Waals surface area contributed by atoms with Gasteiger partial charge in [0.2, 0.25) is 0 Å². The molecule has 6 heteroatoms. The van der Waals surface area contributed by atoms with Gasteiger partial charge in [0.25, 0.3) is 0 Å².